The number of nitrogens with zero attached hydrogens (tertiary/aromatic N) is 2. The number of fused-ring (bicyclic) bond motifs is 1. The van der Waals surface area contributed by atoms with Crippen molar-refractivity contribution >= 4 is 34.2 Å². The Hall–Kier alpha value is -2.08. The number of benzene rings is 1. The highest BCUT2D eigenvalue weighted by atomic mass is 35.5. The summed E-state index contributed by atoms with van der Waals surface area (Å²) < 4.78 is 1.39. The van der Waals surface area contributed by atoms with Gasteiger partial charge in [-0.15, -0.1) is 0 Å². The first-order valence-corrected chi connectivity index (χ1v) is 4.96. The molecule has 2 aromatic rings. The molecule has 0 saturated carbocycles. The molecule has 0 fully saturated rings. The third kappa shape index (κ3) is 1.72. The number of carbonyl (C=O) groups is 1. The van der Waals surface area contributed by atoms with E-state index in [1.54, 1.807) is 7.05 Å². The van der Waals surface area contributed by atoms with Gasteiger partial charge in [-0.25, -0.2) is 4.79 Å². The van der Waals surface area contributed by atoms with E-state index in [1.807, 2.05) is 0 Å². The zero-order valence-corrected chi connectivity index (χ0v) is 9.43. The Labute approximate surface area is 100 Å². The number of halogens is 1. The number of nitro groups is 1. The molecule has 88 valence electrons. The van der Waals surface area contributed by atoms with E-state index in [1.165, 1.54) is 22.8 Å². The van der Waals surface area contributed by atoms with Crippen molar-refractivity contribution in [3.05, 3.63) is 39.0 Å². The first kappa shape index (κ1) is 11.4. The van der Waals surface area contributed by atoms with Crippen molar-refractivity contribution < 1.29 is 14.8 Å². The second-order valence-electron chi connectivity index (χ2n) is 3.52. The quantitative estimate of drug-likeness (QED) is 0.659. The summed E-state index contributed by atoms with van der Waals surface area (Å²) in [4.78, 5) is 21.0. The van der Waals surface area contributed by atoms with Gasteiger partial charge in [-0.2, -0.15) is 0 Å². The smallest absolute Gasteiger partial charge is 0.352 e. The molecule has 1 heterocycles. The number of hydrogen-bond acceptors (Lipinski definition) is 3. The monoisotopic (exact) mass is 254 g/mol. The lowest BCUT2D eigenvalue weighted by Crippen LogP contribution is -2.03. The summed E-state index contributed by atoms with van der Waals surface area (Å²) in [6.45, 7) is 0. The first-order chi connectivity index (χ1) is 7.91. The second-order valence-corrected chi connectivity index (χ2v) is 3.92. The molecule has 0 aliphatic rings. The maximum atomic E-state index is 10.9. The van der Waals surface area contributed by atoms with Crippen LogP contribution in [-0.4, -0.2) is 20.6 Å². The third-order valence-electron chi connectivity index (χ3n) is 2.50. The van der Waals surface area contributed by atoms with E-state index in [-0.39, 0.29) is 16.4 Å². The van der Waals surface area contributed by atoms with E-state index in [0.717, 1.165) is 0 Å². The Kier molecular flexibility index (Phi) is 2.51. The van der Waals surface area contributed by atoms with Crippen LogP contribution in [0.2, 0.25) is 5.02 Å². The summed E-state index contributed by atoms with van der Waals surface area (Å²) in [6.07, 6.45) is 0. The number of carboxylic acid groups (broad SMARTS) is 1. The minimum Gasteiger partial charge on any atom is -0.477 e. The molecule has 1 aromatic heterocycles. The van der Waals surface area contributed by atoms with Crippen molar-refractivity contribution in [1.82, 2.24) is 4.57 Å². The maximum Gasteiger partial charge on any atom is 0.352 e. The molecular weight excluding hydrogens is 248 g/mol. The molecule has 0 unspecified atom stereocenters. The SMILES string of the molecule is Cn1c(C(=O)O)cc2cc([N+](=O)[O-])cc(Cl)c21. The number of rotatable bonds is 2. The number of hydrogen-bond donors (Lipinski definition) is 1. The fourth-order valence-electron chi connectivity index (χ4n) is 1.74. The molecule has 0 bridgehead atoms. The highest BCUT2D eigenvalue weighted by molar-refractivity contribution is 6.35. The van der Waals surface area contributed by atoms with Crippen molar-refractivity contribution in [3.63, 3.8) is 0 Å². The van der Waals surface area contributed by atoms with Crippen molar-refractivity contribution in [3.8, 4) is 0 Å². The summed E-state index contributed by atoms with van der Waals surface area (Å²) in [5.41, 5.74) is 0.335. The molecule has 0 saturated heterocycles. The van der Waals surface area contributed by atoms with Crippen LogP contribution in [0.1, 0.15) is 10.5 Å². The predicted molar refractivity (Wildman–Crippen MR) is 61.5 cm³/mol. The lowest BCUT2D eigenvalue weighted by atomic mass is 10.2. The zero-order chi connectivity index (χ0) is 12.7. The van der Waals surface area contributed by atoms with Crippen molar-refractivity contribution in [2.45, 2.75) is 0 Å². The van der Waals surface area contributed by atoms with Crippen molar-refractivity contribution in [2.75, 3.05) is 0 Å². The van der Waals surface area contributed by atoms with E-state index in [0.29, 0.717) is 10.9 Å². The van der Waals surface area contributed by atoms with Gasteiger partial charge in [0, 0.05) is 24.6 Å². The van der Waals surface area contributed by atoms with Gasteiger partial charge in [-0.3, -0.25) is 10.1 Å². The first-order valence-electron chi connectivity index (χ1n) is 4.58. The largest absolute Gasteiger partial charge is 0.477 e. The lowest BCUT2D eigenvalue weighted by molar-refractivity contribution is -0.384. The third-order valence-corrected chi connectivity index (χ3v) is 2.78. The highest BCUT2D eigenvalue weighted by Gasteiger charge is 2.18. The average molecular weight is 255 g/mol. The Bertz CT molecular complexity index is 647. The predicted octanol–water partition coefficient (Wildman–Crippen LogP) is 2.44. The minimum absolute atomic E-state index is 0.0300. The molecule has 1 aromatic carbocycles. The van der Waals surface area contributed by atoms with Gasteiger partial charge in [0.05, 0.1) is 15.5 Å². The van der Waals surface area contributed by atoms with Crippen LogP contribution in [0.15, 0.2) is 18.2 Å². The van der Waals surface area contributed by atoms with Crippen LogP contribution in [0.5, 0.6) is 0 Å². The number of non-ortho nitro benzene ring substituents is 1. The Morgan fingerprint density at radius 1 is 1.47 bits per heavy atom. The lowest BCUT2D eigenvalue weighted by Gasteiger charge is -2.01. The van der Waals surface area contributed by atoms with Crippen molar-refractivity contribution in [1.29, 1.82) is 0 Å². The molecule has 0 aliphatic carbocycles. The van der Waals surface area contributed by atoms with Gasteiger partial charge in [0.2, 0.25) is 0 Å². The van der Waals surface area contributed by atoms with Gasteiger partial charge in [0.15, 0.2) is 0 Å². The van der Waals surface area contributed by atoms with Crippen LogP contribution in [0.4, 0.5) is 5.69 Å². The number of nitro benzene ring substituents is 1. The van der Waals surface area contributed by atoms with E-state index in [9.17, 15) is 14.9 Å². The van der Waals surface area contributed by atoms with Gasteiger partial charge in [0.25, 0.3) is 5.69 Å². The number of carboxylic acids is 1. The van der Waals surface area contributed by atoms with Crippen LogP contribution in [0.25, 0.3) is 10.9 Å². The van der Waals surface area contributed by atoms with E-state index >= 15 is 0 Å². The molecule has 0 amide bonds. The Morgan fingerprint density at radius 3 is 2.65 bits per heavy atom. The summed E-state index contributed by atoms with van der Waals surface area (Å²) in [7, 11) is 1.55. The molecule has 2 rings (SSSR count). The van der Waals surface area contributed by atoms with Crippen LogP contribution >= 0.6 is 11.6 Å². The second kappa shape index (κ2) is 3.74. The van der Waals surface area contributed by atoms with E-state index in [4.69, 9.17) is 16.7 Å². The Balaban J connectivity index is 2.83. The van der Waals surface area contributed by atoms with E-state index < -0.39 is 10.9 Å². The summed E-state index contributed by atoms with van der Waals surface area (Å²) in [5.74, 6) is -1.11. The van der Waals surface area contributed by atoms with E-state index in [2.05, 4.69) is 0 Å². The number of aromatic nitrogens is 1. The standard InChI is InChI=1S/C10H7ClN2O4/c1-12-8(10(14)15)3-5-2-6(13(16)17)4-7(11)9(5)12/h2-4H,1H3,(H,14,15). The molecule has 0 aliphatic heterocycles. The molecule has 6 nitrogen and oxygen atoms in total. The van der Waals surface area contributed by atoms with Gasteiger partial charge in [0.1, 0.15) is 5.69 Å². The molecule has 0 radical (unpaired) electrons. The highest BCUT2D eigenvalue weighted by Crippen LogP contribution is 2.31. The maximum absolute atomic E-state index is 10.9. The molecule has 1 N–H and O–H groups in total. The fraction of sp³-hybridized carbons (Fsp3) is 0.100. The summed E-state index contributed by atoms with van der Waals surface area (Å²) in [6, 6.07) is 3.86. The van der Waals surface area contributed by atoms with Crippen LogP contribution in [0.3, 0.4) is 0 Å². The van der Waals surface area contributed by atoms with Crippen LogP contribution in [0, 0.1) is 10.1 Å². The summed E-state index contributed by atoms with van der Waals surface area (Å²) >= 11 is 5.91. The van der Waals surface area contributed by atoms with Crippen LogP contribution in [-0.2, 0) is 7.05 Å². The van der Waals surface area contributed by atoms with Gasteiger partial charge < -0.3 is 9.67 Å². The normalized spacial score (nSPS) is 10.7. The fourth-order valence-corrected chi connectivity index (χ4v) is 2.09. The molecule has 0 spiro atoms. The average Bonchev–Trinajstić information content (AvgIpc) is 2.56. The van der Waals surface area contributed by atoms with Gasteiger partial charge in [-0.05, 0) is 6.07 Å². The Morgan fingerprint density at radius 2 is 2.12 bits per heavy atom. The molecule has 0 atom stereocenters. The van der Waals surface area contributed by atoms with Crippen LogP contribution < -0.4 is 0 Å². The number of aromatic carboxylic acids is 1. The molecular formula is C10H7ClN2O4. The molecule has 7 heteroatoms. The number of aryl methyl sites for hydroxylation is 1. The minimum atomic E-state index is -1.11. The topological polar surface area (TPSA) is 85.4 Å². The van der Waals surface area contributed by atoms with Gasteiger partial charge in [-0.1, -0.05) is 11.6 Å². The molecule has 17 heavy (non-hydrogen) atoms. The summed E-state index contributed by atoms with van der Waals surface area (Å²) in [5, 5.41) is 20.2. The van der Waals surface area contributed by atoms with Gasteiger partial charge >= 0.3 is 5.97 Å². The zero-order valence-electron chi connectivity index (χ0n) is 8.68. The van der Waals surface area contributed by atoms with Crippen molar-refractivity contribution in [2.24, 2.45) is 7.05 Å².